The molecule has 2 amide bonds. The molecule has 0 radical (unpaired) electrons. The van der Waals surface area contributed by atoms with Gasteiger partial charge in [0.05, 0.1) is 5.02 Å². The van der Waals surface area contributed by atoms with E-state index in [1.165, 1.54) is 0 Å². The van der Waals surface area contributed by atoms with Gasteiger partial charge in [0.25, 0.3) is 5.91 Å². The number of likely N-dealkylation sites (tertiary alicyclic amines) is 1. The minimum Gasteiger partial charge on any atom is -0.482 e. The SMILES string of the molecule is O=C(Nc1ccc2c(c1)OCO2)C1CCN(C(=O)COc2ccc(Br)cc2Cl)CC1. The molecule has 0 bridgehead atoms. The van der Waals surface area contributed by atoms with E-state index in [2.05, 4.69) is 21.2 Å². The number of carbonyl (C=O) groups is 2. The largest absolute Gasteiger partial charge is 0.482 e. The van der Waals surface area contributed by atoms with Crippen LogP contribution in [-0.2, 0) is 9.59 Å². The summed E-state index contributed by atoms with van der Waals surface area (Å²) >= 11 is 9.44. The second kappa shape index (κ2) is 9.14. The van der Waals surface area contributed by atoms with Crippen LogP contribution in [0.4, 0.5) is 5.69 Å². The van der Waals surface area contributed by atoms with E-state index in [9.17, 15) is 9.59 Å². The standard InChI is InChI=1S/C21H20BrClN2O5/c22-14-1-3-17(16(23)9-14)28-11-20(26)25-7-5-13(6-8-25)21(27)24-15-2-4-18-19(10-15)30-12-29-18/h1-4,9-10,13H,5-8,11-12H2,(H,24,27). The number of piperidine rings is 1. The second-order valence-corrected chi connectivity index (χ2v) is 8.40. The molecule has 30 heavy (non-hydrogen) atoms. The lowest BCUT2D eigenvalue weighted by Gasteiger charge is -2.31. The van der Waals surface area contributed by atoms with Crippen LogP contribution in [-0.4, -0.2) is 43.2 Å². The predicted molar refractivity (Wildman–Crippen MR) is 115 cm³/mol. The highest BCUT2D eigenvalue weighted by atomic mass is 79.9. The van der Waals surface area contributed by atoms with E-state index < -0.39 is 0 Å². The van der Waals surface area contributed by atoms with Gasteiger partial charge in [-0.3, -0.25) is 9.59 Å². The van der Waals surface area contributed by atoms with Crippen LogP contribution in [0.3, 0.4) is 0 Å². The van der Waals surface area contributed by atoms with Crippen molar-refractivity contribution in [2.75, 3.05) is 31.8 Å². The maximum absolute atomic E-state index is 12.6. The highest BCUT2D eigenvalue weighted by Crippen LogP contribution is 2.34. The van der Waals surface area contributed by atoms with Gasteiger partial charge in [0.2, 0.25) is 12.7 Å². The molecule has 2 aliphatic heterocycles. The van der Waals surface area contributed by atoms with Crippen LogP contribution in [0.1, 0.15) is 12.8 Å². The zero-order chi connectivity index (χ0) is 21.1. The van der Waals surface area contributed by atoms with Gasteiger partial charge in [-0.25, -0.2) is 0 Å². The number of anilines is 1. The van der Waals surface area contributed by atoms with E-state index in [0.29, 0.717) is 53.9 Å². The van der Waals surface area contributed by atoms with Crippen molar-refractivity contribution in [3.63, 3.8) is 0 Å². The Bertz CT molecular complexity index is 962. The van der Waals surface area contributed by atoms with Crippen molar-refractivity contribution < 1.29 is 23.8 Å². The number of amides is 2. The van der Waals surface area contributed by atoms with Crippen molar-refractivity contribution >= 4 is 45.0 Å². The molecule has 7 nitrogen and oxygen atoms in total. The minimum absolute atomic E-state index is 0.0566. The van der Waals surface area contributed by atoms with Crippen LogP contribution < -0.4 is 19.5 Å². The molecule has 0 aromatic heterocycles. The number of rotatable bonds is 5. The number of hydrogen-bond acceptors (Lipinski definition) is 5. The highest BCUT2D eigenvalue weighted by molar-refractivity contribution is 9.10. The summed E-state index contributed by atoms with van der Waals surface area (Å²) in [5.74, 6) is 1.43. The summed E-state index contributed by atoms with van der Waals surface area (Å²) in [4.78, 5) is 26.8. The first-order chi connectivity index (χ1) is 14.5. The average Bonchev–Trinajstić information content (AvgIpc) is 3.21. The molecule has 0 saturated carbocycles. The van der Waals surface area contributed by atoms with Crippen LogP contribution >= 0.6 is 27.5 Å². The molecule has 1 fully saturated rings. The first-order valence-electron chi connectivity index (χ1n) is 9.56. The molecule has 2 aromatic rings. The van der Waals surface area contributed by atoms with E-state index in [-0.39, 0.29) is 31.1 Å². The summed E-state index contributed by atoms with van der Waals surface area (Å²) in [5.41, 5.74) is 0.669. The van der Waals surface area contributed by atoms with E-state index in [4.69, 9.17) is 25.8 Å². The molecule has 2 aromatic carbocycles. The lowest BCUT2D eigenvalue weighted by atomic mass is 9.95. The van der Waals surface area contributed by atoms with Crippen LogP contribution in [0.5, 0.6) is 17.2 Å². The molecule has 0 aliphatic carbocycles. The Morgan fingerprint density at radius 3 is 2.67 bits per heavy atom. The fourth-order valence-electron chi connectivity index (χ4n) is 3.43. The summed E-state index contributed by atoms with van der Waals surface area (Å²) in [5, 5.41) is 3.36. The van der Waals surface area contributed by atoms with Crippen LogP contribution in [0, 0.1) is 5.92 Å². The molecule has 158 valence electrons. The van der Waals surface area contributed by atoms with Gasteiger partial charge in [-0.05, 0) is 43.2 Å². The zero-order valence-corrected chi connectivity index (χ0v) is 18.4. The topological polar surface area (TPSA) is 77.1 Å². The van der Waals surface area contributed by atoms with Gasteiger partial charge in [0, 0.05) is 35.2 Å². The van der Waals surface area contributed by atoms with E-state index >= 15 is 0 Å². The van der Waals surface area contributed by atoms with Gasteiger partial charge in [-0.2, -0.15) is 0 Å². The third-order valence-electron chi connectivity index (χ3n) is 5.10. The third kappa shape index (κ3) is 4.82. The average molecular weight is 496 g/mol. The zero-order valence-electron chi connectivity index (χ0n) is 16.0. The molecular weight excluding hydrogens is 476 g/mol. The molecule has 9 heteroatoms. The van der Waals surface area contributed by atoms with E-state index in [1.807, 2.05) is 0 Å². The lowest BCUT2D eigenvalue weighted by molar-refractivity contribution is -0.136. The second-order valence-electron chi connectivity index (χ2n) is 7.08. The van der Waals surface area contributed by atoms with Crippen molar-refractivity contribution in [1.29, 1.82) is 0 Å². The van der Waals surface area contributed by atoms with Gasteiger partial charge >= 0.3 is 0 Å². The van der Waals surface area contributed by atoms with Crippen molar-refractivity contribution in [3.8, 4) is 17.2 Å². The smallest absolute Gasteiger partial charge is 0.260 e. The molecule has 0 spiro atoms. The van der Waals surface area contributed by atoms with Crippen molar-refractivity contribution in [3.05, 3.63) is 45.9 Å². The molecule has 1 N–H and O–H groups in total. The number of halogens is 2. The summed E-state index contributed by atoms with van der Waals surface area (Å²) < 4.78 is 17.0. The molecule has 2 heterocycles. The Hall–Kier alpha value is -2.45. The Balaban J connectivity index is 1.25. The minimum atomic E-state index is -0.152. The van der Waals surface area contributed by atoms with Crippen molar-refractivity contribution in [2.45, 2.75) is 12.8 Å². The maximum atomic E-state index is 12.6. The predicted octanol–water partition coefficient (Wildman–Crippen LogP) is 4.09. The monoisotopic (exact) mass is 494 g/mol. The van der Waals surface area contributed by atoms with Gasteiger partial charge in [-0.1, -0.05) is 27.5 Å². The fourth-order valence-corrected chi connectivity index (χ4v) is 4.16. The first-order valence-corrected chi connectivity index (χ1v) is 10.7. The number of ether oxygens (including phenoxy) is 3. The van der Waals surface area contributed by atoms with Crippen molar-refractivity contribution in [2.24, 2.45) is 5.92 Å². The van der Waals surface area contributed by atoms with Gasteiger partial charge < -0.3 is 24.4 Å². The number of nitrogens with zero attached hydrogens (tertiary/aromatic N) is 1. The Morgan fingerprint density at radius 1 is 1.13 bits per heavy atom. The van der Waals surface area contributed by atoms with Gasteiger partial charge in [-0.15, -0.1) is 0 Å². The summed E-state index contributed by atoms with van der Waals surface area (Å²) in [7, 11) is 0. The molecule has 2 aliphatic rings. The maximum Gasteiger partial charge on any atom is 0.260 e. The summed E-state index contributed by atoms with van der Waals surface area (Å²) in [6.45, 7) is 1.12. The van der Waals surface area contributed by atoms with Crippen molar-refractivity contribution in [1.82, 2.24) is 4.90 Å². The fraction of sp³-hybridized carbons (Fsp3) is 0.333. The first kappa shape index (κ1) is 20.8. The summed E-state index contributed by atoms with van der Waals surface area (Å²) in [6, 6.07) is 10.5. The van der Waals surface area contributed by atoms with Gasteiger partial charge in [0.15, 0.2) is 18.1 Å². The normalized spacial score (nSPS) is 15.7. The molecule has 4 rings (SSSR count). The lowest BCUT2D eigenvalue weighted by Crippen LogP contribution is -2.43. The Morgan fingerprint density at radius 2 is 1.90 bits per heavy atom. The number of benzene rings is 2. The quantitative estimate of drug-likeness (QED) is 0.676. The number of nitrogens with one attached hydrogen (secondary N) is 1. The highest BCUT2D eigenvalue weighted by Gasteiger charge is 2.28. The summed E-state index contributed by atoms with van der Waals surface area (Å²) in [6.07, 6.45) is 1.20. The molecule has 0 unspecified atom stereocenters. The van der Waals surface area contributed by atoms with Crippen LogP contribution in [0.15, 0.2) is 40.9 Å². The van der Waals surface area contributed by atoms with Gasteiger partial charge in [0.1, 0.15) is 5.75 Å². The number of hydrogen-bond donors (Lipinski definition) is 1. The van der Waals surface area contributed by atoms with Crippen LogP contribution in [0.2, 0.25) is 5.02 Å². The van der Waals surface area contributed by atoms with E-state index in [1.54, 1.807) is 41.3 Å². The number of carbonyl (C=O) groups excluding carboxylic acids is 2. The van der Waals surface area contributed by atoms with Crippen LogP contribution in [0.25, 0.3) is 0 Å². The third-order valence-corrected chi connectivity index (χ3v) is 5.89. The van der Waals surface area contributed by atoms with E-state index in [0.717, 1.165) is 4.47 Å². The Labute approximate surface area is 187 Å². The number of fused-ring (bicyclic) bond motifs is 1. The molecule has 1 saturated heterocycles. The molecule has 0 atom stereocenters. The Kier molecular flexibility index (Phi) is 6.34. The molecular formula is C21H20BrClN2O5.